The minimum absolute atomic E-state index is 0.0432. The number of rotatable bonds is 51. The third-order valence-corrected chi connectivity index (χ3v) is 12.2. The monoisotopic (exact) mass is 1080 g/mol. The van der Waals surface area contributed by atoms with Crippen LogP contribution in [0.4, 0.5) is 0 Å². The second-order valence-electron chi connectivity index (χ2n) is 18.3. The van der Waals surface area contributed by atoms with Crippen molar-refractivity contribution in [3.8, 4) is 0 Å². The van der Waals surface area contributed by atoms with E-state index < -0.39 is 57.8 Å². The van der Waals surface area contributed by atoms with Gasteiger partial charge in [0.1, 0.15) is 12.7 Å². The molecule has 0 aromatic rings. The lowest BCUT2D eigenvalue weighted by molar-refractivity contribution is -0.161. The van der Waals surface area contributed by atoms with Crippen LogP contribution >= 0.6 is 7.82 Å². The standard InChI is InChI=1S/C64H101O11P/c1-4-7-10-13-16-19-22-25-27-29-30-32-34-37-40-43-46-49-52-55-64(68)75-61(57-71-62(66)53-50-47-44-41-38-36-33-31-28-26-23-20-17-14-11-8-5-2)59-73-76(69,70)72-58-60(56-65)74-63(67)54-51-48-45-42-39-35-24-21-18-15-12-9-6-3/h8-9,11-12,16-21,25-28,30,32-33,35-36,39,41,44-45,48,60-61,65H,4-7,10,13-15,22-24,29,31,34,37-38,40,42-43,46-47,49-59H2,1-3H3,(H,69,70)/b11-8-,12-9-,19-16-,20-17-,21-18-,27-25-,28-26-,32-30-,36-33-,39-35-,44-41-,48-45-. The van der Waals surface area contributed by atoms with Crippen LogP contribution < -0.4 is 0 Å². The molecule has 0 rings (SSSR count). The van der Waals surface area contributed by atoms with Crippen molar-refractivity contribution in [3.05, 3.63) is 146 Å². The van der Waals surface area contributed by atoms with Gasteiger partial charge >= 0.3 is 25.7 Å². The van der Waals surface area contributed by atoms with E-state index >= 15 is 0 Å². The van der Waals surface area contributed by atoms with Gasteiger partial charge in [0.25, 0.3) is 0 Å². The van der Waals surface area contributed by atoms with Crippen LogP contribution in [0.2, 0.25) is 0 Å². The first-order valence-corrected chi connectivity index (χ1v) is 30.2. The first kappa shape index (κ1) is 71.4. The Morgan fingerprint density at radius 1 is 0.382 bits per heavy atom. The summed E-state index contributed by atoms with van der Waals surface area (Å²) >= 11 is 0. The number of allylic oxidation sites excluding steroid dienone is 24. The molecule has 0 heterocycles. The third kappa shape index (κ3) is 54.2. The van der Waals surface area contributed by atoms with E-state index in [2.05, 4.69) is 142 Å². The highest BCUT2D eigenvalue weighted by molar-refractivity contribution is 7.47. The van der Waals surface area contributed by atoms with Gasteiger partial charge in [0.05, 0.1) is 19.8 Å². The summed E-state index contributed by atoms with van der Waals surface area (Å²) in [6.45, 7) is 4.20. The summed E-state index contributed by atoms with van der Waals surface area (Å²) in [7, 11) is -4.79. The Bertz CT molecular complexity index is 1830. The lowest BCUT2D eigenvalue weighted by atomic mass is 10.1. The van der Waals surface area contributed by atoms with Gasteiger partial charge in [-0.3, -0.25) is 23.4 Å². The van der Waals surface area contributed by atoms with E-state index in [4.69, 9.17) is 23.3 Å². The molecule has 0 radical (unpaired) electrons. The summed E-state index contributed by atoms with van der Waals surface area (Å²) in [6, 6.07) is 0. The van der Waals surface area contributed by atoms with Crippen molar-refractivity contribution in [2.24, 2.45) is 0 Å². The lowest BCUT2D eigenvalue weighted by Crippen LogP contribution is -2.30. The third-order valence-electron chi connectivity index (χ3n) is 11.2. The predicted molar refractivity (Wildman–Crippen MR) is 316 cm³/mol. The van der Waals surface area contributed by atoms with E-state index in [1.54, 1.807) is 0 Å². The molecule has 0 fully saturated rings. The van der Waals surface area contributed by atoms with Crippen LogP contribution in [0.3, 0.4) is 0 Å². The van der Waals surface area contributed by atoms with Crippen LogP contribution in [0.5, 0.6) is 0 Å². The van der Waals surface area contributed by atoms with E-state index in [1.165, 1.54) is 25.7 Å². The second-order valence-corrected chi connectivity index (χ2v) is 19.8. The van der Waals surface area contributed by atoms with Crippen molar-refractivity contribution in [2.45, 2.75) is 213 Å². The molecule has 2 N–H and O–H groups in total. The molecule has 428 valence electrons. The molecule has 3 atom stereocenters. The van der Waals surface area contributed by atoms with Gasteiger partial charge in [0.15, 0.2) is 6.10 Å². The zero-order valence-corrected chi connectivity index (χ0v) is 48.0. The fourth-order valence-electron chi connectivity index (χ4n) is 6.94. The highest BCUT2D eigenvalue weighted by Gasteiger charge is 2.28. The molecule has 0 aliphatic rings. The number of phosphoric acid groups is 1. The molecule has 0 saturated carbocycles. The van der Waals surface area contributed by atoms with Crippen LogP contribution in [0.15, 0.2) is 146 Å². The maximum absolute atomic E-state index is 12.9. The molecule has 0 aliphatic heterocycles. The number of aliphatic hydroxyl groups excluding tert-OH is 1. The largest absolute Gasteiger partial charge is 0.472 e. The molecule has 12 heteroatoms. The smallest absolute Gasteiger partial charge is 0.462 e. The first-order valence-electron chi connectivity index (χ1n) is 28.7. The molecule has 11 nitrogen and oxygen atoms in total. The zero-order chi connectivity index (χ0) is 55.5. The van der Waals surface area contributed by atoms with Crippen molar-refractivity contribution in [1.29, 1.82) is 0 Å². The number of phosphoric ester groups is 1. The van der Waals surface area contributed by atoms with Gasteiger partial charge in [-0.25, -0.2) is 4.57 Å². The van der Waals surface area contributed by atoms with Gasteiger partial charge in [0, 0.05) is 19.3 Å². The van der Waals surface area contributed by atoms with Crippen LogP contribution in [-0.2, 0) is 42.2 Å². The van der Waals surface area contributed by atoms with E-state index in [-0.39, 0.29) is 25.9 Å². The van der Waals surface area contributed by atoms with Crippen LogP contribution in [0.1, 0.15) is 201 Å². The maximum atomic E-state index is 12.9. The molecule has 0 aromatic carbocycles. The Balaban J connectivity index is 4.92. The van der Waals surface area contributed by atoms with E-state index in [9.17, 15) is 28.9 Å². The number of carbonyl (C=O) groups excluding carboxylic acids is 3. The van der Waals surface area contributed by atoms with Crippen molar-refractivity contribution in [2.75, 3.05) is 26.4 Å². The Morgan fingerprint density at radius 3 is 1.17 bits per heavy atom. The number of esters is 3. The quantitative estimate of drug-likeness (QED) is 0.0197. The van der Waals surface area contributed by atoms with Crippen LogP contribution in [0.25, 0.3) is 0 Å². The molecule has 0 bridgehead atoms. The average molecular weight is 1080 g/mol. The molecule has 3 unspecified atom stereocenters. The molecule has 0 aliphatic carbocycles. The summed E-state index contributed by atoms with van der Waals surface area (Å²) in [6.07, 6.45) is 72.6. The van der Waals surface area contributed by atoms with Crippen molar-refractivity contribution >= 4 is 25.7 Å². The first-order chi connectivity index (χ1) is 37.2. The molecule has 0 saturated heterocycles. The highest BCUT2D eigenvalue weighted by atomic mass is 31.2. The number of ether oxygens (including phenoxy) is 3. The lowest BCUT2D eigenvalue weighted by Gasteiger charge is -2.21. The fourth-order valence-corrected chi connectivity index (χ4v) is 7.72. The minimum Gasteiger partial charge on any atom is -0.462 e. The molecule has 0 aromatic heterocycles. The Kier molecular flexibility index (Phi) is 53.1. The Labute approximate surface area is 461 Å². The summed E-state index contributed by atoms with van der Waals surface area (Å²) in [5.41, 5.74) is 0. The molecular formula is C64H101O11P. The number of aliphatic hydroxyl groups is 1. The number of hydrogen-bond acceptors (Lipinski definition) is 10. The summed E-state index contributed by atoms with van der Waals surface area (Å²) < 4.78 is 39.4. The molecule has 76 heavy (non-hydrogen) atoms. The predicted octanol–water partition coefficient (Wildman–Crippen LogP) is 17.1. The van der Waals surface area contributed by atoms with Gasteiger partial charge in [-0.15, -0.1) is 0 Å². The summed E-state index contributed by atoms with van der Waals surface area (Å²) in [5, 5.41) is 9.79. The zero-order valence-electron chi connectivity index (χ0n) is 47.2. The number of unbranched alkanes of at least 4 members (excludes halogenated alkanes) is 10. The highest BCUT2D eigenvalue weighted by Crippen LogP contribution is 2.43. The van der Waals surface area contributed by atoms with Crippen molar-refractivity contribution in [3.63, 3.8) is 0 Å². The number of hydrogen-bond donors (Lipinski definition) is 2. The van der Waals surface area contributed by atoms with Gasteiger partial charge in [-0.1, -0.05) is 205 Å². The fraction of sp³-hybridized carbons (Fsp3) is 0.578. The van der Waals surface area contributed by atoms with Crippen molar-refractivity contribution in [1.82, 2.24) is 0 Å². The summed E-state index contributed by atoms with van der Waals surface area (Å²) in [5.74, 6) is -1.66. The SMILES string of the molecule is CC/C=C\C/C=C\C/C=C\C/C=C\C/C=C\CCCC(=O)OCC(COP(=O)(O)OCC(CO)OC(=O)CC/C=C\C/C=C\C/C=C\C/C=C\CC)OC(=O)CCCCCCCC/C=C\C/C=C\C/C=C\CCCCC. The Morgan fingerprint density at radius 2 is 0.724 bits per heavy atom. The molecule has 0 spiro atoms. The van der Waals surface area contributed by atoms with Gasteiger partial charge in [-0.05, 0) is 122 Å². The normalized spacial score (nSPS) is 14.4. The average Bonchev–Trinajstić information content (AvgIpc) is 3.41. The second kappa shape index (κ2) is 56.6. The minimum atomic E-state index is -4.79. The van der Waals surface area contributed by atoms with E-state index in [0.717, 1.165) is 109 Å². The van der Waals surface area contributed by atoms with Crippen molar-refractivity contribution < 1.29 is 52.2 Å². The summed E-state index contributed by atoms with van der Waals surface area (Å²) in [4.78, 5) is 48.5. The van der Waals surface area contributed by atoms with Crippen LogP contribution in [0, 0.1) is 0 Å². The topological polar surface area (TPSA) is 155 Å². The Hall–Kier alpha value is -4.64. The van der Waals surface area contributed by atoms with Crippen LogP contribution in [-0.4, -0.2) is 66.5 Å². The molecular weight excluding hydrogens is 976 g/mol. The van der Waals surface area contributed by atoms with Gasteiger partial charge in [-0.2, -0.15) is 0 Å². The van der Waals surface area contributed by atoms with E-state index in [0.29, 0.717) is 25.7 Å². The number of carbonyl (C=O) groups is 3. The van der Waals surface area contributed by atoms with E-state index in [1.807, 2.05) is 24.3 Å². The van der Waals surface area contributed by atoms with Gasteiger partial charge in [0.2, 0.25) is 0 Å². The maximum Gasteiger partial charge on any atom is 0.472 e. The van der Waals surface area contributed by atoms with Gasteiger partial charge < -0.3 is 24.2 Å². The molecule has 0 amide bonds.